The lowest BCUT2D eigenvalue weighted by molar-refractivity contribution is 0.112. The average molecular weight is 172 g/mol. The van der Waals surface area contributed by atoms with Crippen LogP contribution in [0.25, 0.3) is 0 Å². The van der Waals surface area contributed by atoms with Crippen LogP contribution in [-0.2, 0) is 0 Å². The van der Waals surface area contributed by atoms with Crippen LogP contribution in [0.15, 0.2) is 30.3 Å². The molecule has 0 fully saturated rings. The van der Waals surface area contributed by atoms with Crippen molar-refractivity contribution in [1.82, 2.24) is 0 Å². The van der Waals surface area contributed by atoms with Crippen molar-refractivity contribution < 1.29 is 13.9 Å². The number of carbonyl (C=O) groups is 1. The maximum Gasteiger partial charge on any atom is 0.152 e. The maximum absolute atomic E-state index is 10.0. The first-order chi connectivity index (χ1) is 5.35. The maximum atomic E-state index is 10.0. The van der Waals surface area contributed by atoms with Crippen LogP contribution in [0.4, 0.5) is 0 Å². The lowest BCUT2D eigenvalue weighted by Gasteiger charge is -1.81. The van der Waals surface area contributed by atoms with E-state index in [0.717, 1.165) is 11.8 Å². The smallest absolute Gasteiger partial charge is 0.152 e. The topological polar surface area (TPSA) is 57.5 Å². The van der Waals surface area contributed by atoms with E-state index in [2.05, 4.69) is 0 Å². The van der Waals surface area contributed by atoms with Gasteiger partial charge >= 0.3 is 0 Å². The van der Waals surface area contributed by atoms with E-state index in [-0.39, 0.29) is 12.3 Å². The fourth-order valence-electron chi connectivity index (χ4n) is 0.532. The van der Waals surface area contributed by atoms with Crippen molar-refractivity contribution in [2.45, 2.75) is 0 Å². The van der Waals surface area contributed by atoms with Crippen molar-refractivity contribution in [1.29, 1.82) is 0 Å². The molecule has 2 N–H and O–H groups in total. The summed E-state index contributed by atoms with van der Waals surface area (Å²) in [5.41, 5.74) is 0.729. The molecule has 0 spiro atoms. The Kier molecular flexibility index (Phi) is 6.71. The SMILES string of the molecule is O=Cc1ccccc1.OSO. The Labute approximate surface area is 69.1 Å². The minimum Gasteiger partial charge on any atom is -0.307 e. The Balaban J connectivity index is 0.000000292. The minimum atomic E-state index is -0.250. The van der Waals surface area contributed by atoms with Crippen LogP contribution in [0.5, 0.6) is 0 Å². The monoisotopic (exact) mass is 172 g/mol. The van der Waals surface area contributed by atoms with E-state index < -0.39 is 0 Å². The molecule has 0 unspecified atom stereocenters. The van der Waals surface area contributed by atoms with Crippen LogP contribution in [-0.4, -0.2) is 15.4 Å². The molecule has 60 valence electrons. The highest BCUT2D eigenvalue weighted by atomic mass is 32.2. The number of rotatable bonds is 1. The van der Waals surface area contributed by atoms with Crippen molar-refractivity contribution in [2.24, 2.45) is 0 Å². The van der Waals surface area contributed by atoms with Gasteiger partial charge in [0.2, 0.25) is 0 Å². The highest BCUT2D eigenvalue weighted by molar-refractivity contribution is 7.87. The van der Waals surface area contributed by atoms with Gasteiger partial charge in [-0.2, -0.15) is 0 Å². The summed E-state index contributed by atoms with van der Waals surface area (Å²) in [6.45, 7) is 0. The second kappa shape index (κ2) is 7.27. The number of carbonyl (C=O) groups excluding carboxylic acids is 1. The predicted molar refractivity (Wildman–Crippen MR) is 44.7 cm³/mol. The molecule has 1 aromatic rings. The van der Waals surface area contributed by atoms with Crippen molar-refractivity contribution in [3.63, 3.8) is 0 Å². The van der Waals surface area contributed by atoms with E-state index in [9.17, 15) is 4.79 Å². The third kappa shape index (κ3) is 5.60. The average Bonchev–Trinajstić information content (AvgIpc) is 2.08. The lowest BCUT2D eigenvalue weighted by Crippen LogP contribution is -1.73. The van der Waals surface area contributed by atoms with Gasteiger partial charge in [0.1, 0.15) is 6.29 Å². The molecule has 0 amide bonds. The Morgan fingerprint density at radius 2 is 1.64 bits per heavy atom. The molecule has 0 saturated carbocycles. The molecule has 0 heterocycles. The number of aldehydes is 1. The van der Waals surface area contributed by atoms with E-state index in [1.54, 1.807) is 12.1 Å². The second-order valence-electron chi connectivity index (χ2n) is 1.61. The van der Waals surface area contributed by atoms with Crippen molar-refractivity contribution in [3.05, 3.63) is 35.9 Å². The Bertz CT molecular complexity index is 188. The van der Waals surface area contributed by atoms with Crippen LogP contribution >= 0.6 is 12.3 Å². The highest BCUT2D eigenvalue weighted by Gasteiger charge is 1.79. The minimum absolute atomic E-state index is 0.250. The van der Waals surface area contributed by atoms with Gasteiger partial charge in [0.25, 0.3) is 0 Å². The van der Waals surface area contributed by atoms with Crippen molar-refractivity contribution in [3.8, 4) is 0 Å². The lowest BCUT2D eigenvalue weighted by atomic mass is 10.2. The zero-order valence-electron chi connectivity index (χ0n) is 5.68. The molecular formula is C7H8O3S. The van der Waals surface area contributed by atoms with E-state index in [0.29, 0.717) is 0 Å². The van der Waals surface area contributed by atoms with Gasteiger partial charge in [0.05, 0.1) is 0 Å². The molecule has 0 aliphatic heterocycles. The van der Waals surface area contributed by atoms with Gasteiger partial charge in [0, 0.05) is 5.56 Å². The molecular weight excluding hydrogens is 164 g/mol. The molecule has 1 rings (SSSR count). The third-order valence-corrected chi connectivity index (χ3v) is 0.936. The van der Waals surface area contributed by atoms with Gasteiger partial charge in [-0.3, -0.25) is 4.79 Å². The van der Waals surface area contributed by atoms with Crippen LogP contribution in [0.1, 0.15) is 10.4 Å². The molecule has 0 aliphatic rings. The fourth-order valence-corrected chi connectivity index (χ4v) is 0.532. The molecule has 3 nitrogen and oxygen atoms in total. The van der Waals surface area contributed by atoms with E-state index >= 15 is 0 Å². The molecule has 11 heavy (non-hydrogen) atoms. The highest BCUT2D eigenvalue weighted by Crippen LogP contribution is 1.91. The third-order valence-electron chi connectivity index (χ3n) is 0.936. The zero-order valence-corrected chi connectivity index (χ0v) is 6.49. The summed E-state index contributed by atoms with van der Waals surface area (Å²) in [4.78, 5) is 10.0. The molecule has 0 atom stereocenters. The Hall–Kier alpha value is -0.840. The van der Waals surface area contributed by atoms with Crippen LogP contribution in [0.2, 0.25) is 0 Å². The number of hydrogen-bond donors (Lipinski definition) is 2. The van der Waals surface area contributed by atoms with Gasteiger partial charge in [-0.25, -0.2) is 0 Å². The largest absolute Gasteiger partial charge is 0.307 e. The fraction of sp³-hybridized carbons (Fsp3) is 0. The van der Waals surface area contributed by atoms with Crippen molar-refractivity contribution in [2.75, 3.05) is 0 Å². The quantitative estimate of drug-likeness (QED) is 0.503. The summed E-state index contributed by atoms with van der Waals surface area (Å²) in [6, 6.07) is 9.10. The van der Waals surface area contributed by atoms with Gasteiger partial charge in [-0.15, -0.1) is 0 Å². The van der Waals surface area contributed by atoms with E-state index in [1.165, 1.54) is 0 Å². The molecule has 0 radical (unpaired) electrons. The van der Waals surface area contributed by atoms with E-state index in [4.69, 9.17) is 9.11 Å². The first kappa shape index (κ1) is 10.2. The van der Waals surface area contributed by atoms with Crippen LogP contribution < -0.4 is 0 Å². The molecule has 0 saturated heterocycles. The number of benzene rings is 1. The summed E-state index contributed by atoms with van der Waals surface area (Å²) in [7, 11) is 0. The molecule has 0 bridgehead atoms. The second-order valence-corrected chi connectivity index (χ2v) is 1.77. The van der Waals surface area contributed by atoms with E-state index in [1.807, 2.05) is 18.2 Å². The molecule has 1 aromatic carbocycles. The summed E-state index contributed by atoms with van der Waals surface area (Å²) < 4.78 is 14.1. The number of hydrogen-bond acceptors (Lipinski definition) is 4. The summed E-state index contributed by atoms with van der Waals surface area (Å²) >= 11 is -0.250. The normalized spacial score (nSPS) is 7.82. The van der Waals surface area contributed by atoms with Gasteiger partial charge < -0.3 is 9.11 Å². The standard InChI is InChI=1S/C7H6O.H2O2S/c8-6-7-4-2-1-3-5-7;1-3-2/h1-6H;1-2H. The van der Waals surface area contributed by atoms with Gasteiger partial charge in [-0.05, 0) is 0 Å². The predicted octanol–water partition coefficient (Wildman–Crippen LogP) is 2.16. The summed E-state index contributed by atoms with van der Waals surface area (Å²) in [5, 5.41) is 0. The van der Waals surface area contributed by atoms with Crippen LogP contribution in [0, 0.1) is 0 Å². The summed E-state index contributed by atoms with van der Waals surface area (Å²) in [6.07, 6.45) is 0.833. The van der Waals surface area contributed by atoms with Crippen LogP contribution in [0.3, 0.4) is 0 Å². The van der Waals surface area contributed by atoms with Gasteiger partial charge in [-0.1, -0.05) is 30.3 Å². The molecule has 0 aliphatic carbocycles. The first-order valence-corrected chi connectivity index (χ1v) is 3.53. The van der Waals surface area contributed by atoms with Crippen molar-refractivity contribution >= 4 is 18.6 Å². The molecule has 4 heteroatoms. The first-order valence-electron chi connectivity index (χ1n) is 2.80. The zero-order chi connectivity index (χ0) is 8.53. The Morgan fingerprint density at radius 3 is 1.91 bits per heavy atom. The van der Waals surface area contributed by atoms with Gasteiger partial charge in [0.15, 0.2) is 12.3 Å². The summed E-state index contributed by atoms with van der Waals surface area (Å²) in [5.74, 6) is 0. The molecule has 0 aromatic heterocycles. The Morgan fingerprint density at radius 1 is 1.18 bits per heavy atom.